The zero-order chi connectivity index (χ0) is 24.8. The SMILES string of the molecule is CCOc1ccc(CN2C(=O)c3ccccc3C2=O)cc1C(=O)OCC(=O)NCCc1cccs1. The molecule has 1 N–H and O–H groups in total. The van der Waals surface area contributed by atoms with Gasteiger partial charge >= 0.3 is 5.97 Å². The van der Waals surface area contributed by atoms with Gasteiger partial charge in [0, 0.05) is 11.4 Å². The molecule has 2 aromatic carbocycles. The van der Waals surface area contributed by atoms with Crippen LogP contribution in [-0.4, -0.2) is 48.3 Å². The van der Waals surface area contributed by atoms with Crippen molar-refractivity contribution in [3.05, 3.63) is 87.1 Å². The van der Waals surface area contributed by atoms with E-state index in [2.05, 4.69) is 5.32 Å². The summed E-state index contributed by atoms with van der Waals surface area (Å²) in [7, 11) is 0. The summed E-state index contributed by atoms with van der Waals surface area (Å²) in [4.78, 5) is 52.5. The Morgan fingerprint density at radius 3 is 2.40 bits per heavy atom. The summed E-state index contributed by atoms with van der Waals surface area (Å²) < 4.78 is 10.7. The van der Waals surface area contributed by atoms with Crippen molar-refractivity contribution in [3.8, 4) is 5.75 Å². The highest BCUT2D eigenvalue weighted by atomic mass is 32.1. The molecule has 4 rings (SSSR count). The minimum absolute atomic E-state index is 0.0117. The number of hydrogen-bond acceptors (Lipinski definition) is 7. The number of fused-ring (bicyclic) bond motifs is 1. The van der Waals surface area contributed by atoms with Crippen LogP contribution in [0.1, 0.15) is 48.4 Å². The van der Waals surface area contributed by atoms with Gasteiger partial charge in [-0.25, -0.2) is 4.79 Å². The molecule has 35 heavy (non-hydrogen) atoms. The number of thiophene rings is 1. The molecule has 2 heterocycles. The zero-order valence-corrected chi connectivity index (χ0v) is 19.9. The Bertz CT molecular complexity index is 1220. The molecular weight excluding hydrogens is 468 g/mol. The average molecular weight is 493 g/mol. The van der Waals surface area contributed by atoms with Crippen molar-refractivity contribution in [3.63, 3.8) is 0 Å². The fourth-order valence-corrected chi connectivity index (χ4v) is 4.43. The van der Waals surface area contributed by atoms with Crippen molar-refractivity contribution in [2.24, 2.45) is 0 Å². The molecular formula is C26H24N2O6S. The number of imide groups is 1. The molecule has 3 aromatic rings. The molecule has 0 saturated heterocycles. The number of nitrogens with one attached hydrogen (secondary N) is 1. The Hall–Kier alpha value is -3.98. The van der Waals surface area contributed by atoms with Crippen LogP contribution in [0.25, 0.3) is 0 Å². The third-order valence-electron chi connectivity index (χ3n) is 5.39. The second-order valence-electron chi connectivity index (χ2n) is 7.76. The number of carbonyl (C=O) groups is 4. The molecule has 0 saturated carbocycles. The Morgan fingerprint density at radius 2 is 1.74 bits per heavy atom. The number of rotatable bonds is 10. The fraction of sp³-hybridized carbons (Fsp3) is 0.231. The van der Waals surface area contributed by atoms with Crippen molar-refractivity contribution in [1.29, 1.82) is 0 Å². The molecule has 3 amide bonds. The van der Waals surface area contributed by atoms with Crippen molar-refractivity contribution >= 4 is 35.0 Å². The standard InChI is InChI=1S/C26H24N2O6S/c1-2-33-22-10-9-17(15-28-24(30)19-7-3-4-8-20(19)25(28)31)14-21(22)26(32)34-16-23(29)27-12-11-18-6-5-13-35-18/h3-10,13-14H,2,11-12,15-16H2,1H3,(H,27,29). The van der Waals surface area contributed by atoms with Gasteiger partial charge in [0.15, 0.2) is 6.61 Å². The first kappa shape index (κ1) is 24.2. The summed E-state index contributed by atoms with van der Waals surface area (Å²) in [5, 5.41) is 4.69. The molecule has 8 nitrogen and oxygen atoms in total. The zero-order valence-electron chi connectivity index (χ0n) is 19.1. The first-order valence-electron chi connectivity index (χ1n) is 11.1. The van der Waals surface area contributed by atoms with Gasteiger partial charge in [0.05, 0.1) is 24.3 Å². The van der Waals surface area contributed by atoms with E-state index < -0.39 is 18.5 Å². The number of esters is 1. The lowest BCUT2D eigenvalue weighted by atomic mass is 10.1. The van der Waals surface area contributed by atoms with Gasteiger partial charge in [-0.3, -0.25) is 19.3 Å². The van der Waals surface area contributed by atoms with Crippen molar-refractivity contribution in [2.45, 2.75) is 19.9 Å². The van der Waals surface area contributed by atoms with Gasteiger partial charge in [0.2, 0.25) is 0 Å². The molecule has 1 aliphatic heterocycles. The van der Waals surface area contributed by atoms with Crippen LogP contribution in [0.15, 0.2) is 60.0 Å². The minimum atomic E-state index is -0.730. The lowest BCUT2D eigenvalue weighted by Gasteiger charge is -2.16. The van der Waals surface area contributed by atoms with E-state index in [-0.39, 0.29) is 23.9 Å². The van der Waals surface area contributed by atoms with Crippen LogP contribution in [0.4, 0.5) is 0 Å². The number of ether oxygens (including phenoxy) is 2. The number of amides is 3. The lowest BCUT2D eigenvalue weighted by molar-refractivity contribution is -0.124. The molecule has 0 fully saturated rings. The van der Waals surface area contributed by atoms with Crippen LogP contribution < -0.4 is 10.1 Å². The summed E-state index contributed by atoms with van der Waals surface area (Å²) in [5.74, 6) is -1.62. The predicted octanol–water partition coefficient (Wildman–Crippen LogP) is 3.46. The molecule has 0 atom stereocenters. The molecule has 1 aromatic heterocycles. The van der Waals surface area contributed by atoms with Gasteiger partial charge in [0.25, 0.3) is 17.7 Å². The number of benzene rings is 2. The Labute approximate surface area is 206 Å². The Morgan fingerprint density at radius 1 is 1.00 bits per heavy atom. The maximum absolute atomic E-state index is 12.8. The highest BCUT2D eigenvalue weighted by Gasteiger charge is 2.35. The largest absolute Gasteiger partial charge is 0.493 e. The fourth-order valence-electron chi connectivity index (χ4n) is 3.72. The van der Waals surface area contributed by atoms with Crippen LogP contribution >= 0.6 is 11.3 Å². The normalized spacial score (nSPS) is 12.4. The third kappa shape index (κ3) is 5.58. The minimum Gasteiger partial charge on any atom is -0.493 e. The average Bonchev–Trinajstić information content (AvgIpc) is 3.47. The maximum atomic E-state index is 12.8. The number of carbonyl (C=O) groups excluding carboxylic acids is 4. The monoisotopic (exact) mass is 492 g/mol. The second kappa shape index (κ2) is 11.0. The summed E-state index contributed by atoms with van der Waals surface area (Å²) in [6, 6.07) is 15.4. The van der Waals surface area contributed by atoms with Gasteiger partial charge < -0.3 is 14.8 Å². The lowest BCUT2D eigenvalue weighted by Crippen LogP contribution is -2.30. The molecule has 180 valence electrons. The maximum Gasteiger partial charge on any atom is 0.342 e. The van der Waals surface area contributed by atoms with Gasteiger partial charge in [-0.1, -0.05) is 24.3 Å². The summed E-state index contributed by atoms with van der Waals surface area (Å²) in [5.41, 5.74) is 1.38. The predicted molar refractivity (Wildman–Crippen MR) is 130 cm³/mol. The van der Waals surface area contributed by atoms with E-state index in [1.54, 1.807) is 54.7 Å². The first-order valence-corrected chi connectivity index (χ1v) is 12.0. The quantitative estimate of drug-likeness (QED) is 0.344. The van der Waals surface area contributed by atoms with Crippen molar-refractivity contribution in [2.75, 3.05) is 19.8 Å². The van der Waals surface area contributed by atoms with E-state index in [4.69, 9.17) is 9.47 Å². The van der Waals surface area contributed by atoms with E-state index in [1.165, 1.54) is 6.07 Å². The van der Waals surface area contributed by atoms with E-state index in [9.17, 15) is 19.2 Å². The van der Waals surface area contributed by atoms with Crippen molar-refractivity contribution in [1.82, 2.24) is 10.2 Å². The molecule has 1 aliphatic rings. The van der Waals surface area contributed by atoms with E-state index in [0.717, 1.165) is 9.78 Å². The van der Waals surface area contributed by atoms with Gasteiger partial charge in [0.1, 0.15) is 11.3 Å². The molecule has 0 aliphatic carbocycles. The van der Waals surface area contributed by atoms with Gasteiger partial charge in [-0.15, -0.1) is 11.3 Å². The molecule has 9 heteroatoms. The first-order chi connectivity index (χ1) is 17.0. The molecule has 0 unspecified atom stereocenters. The topological polar surface area (TPSA) is 102 Å². The highest BCUT2D eigenvalue weighted by Crippen LogP contribution is 2.27. The van der Waals surface area contributed by atoms with Crippen LogP contribution in [-0.2, 0) is 22.5 Å². The van der Waals surface area contributed by atoms with Crippen molar-refractivity contribution < 1.29 is 28.7 Å². The second-order valence-corrected chi connectivity index (χ2v) is 8.79. The Kier molecular flexibility index (Phi) is 7.57. The summed E-state index contributed by atoms with van der Waals surface area (Å²) in [6.45, 7) is 2.10. The van der Waals surface area contributed by atoms with Crippen LogP contribution in [0.3, 0.4) is 0 Å². The van der Waals surface area contributed by atoms with E-state index >= 15 is 0 Å². The molecule has 0 spiro atoms. The third-order valence-corrected chi connectivity index (χ3v) is 6.33. The highest BCUT2D eigenvalue weighted by molar-refractivity contribution is 7.09. The van der Waals surface area contributed by atoms with Gasteiger partial charge in [-0.05, 0) is 54.6 Å². The Balaban J connectivity index is 1.40. The summed E-state index contributed by atoms with van der Waals surface area (Å²) >= 11 is 1.61. The number of nitrogens with zero attached hydrogens (tertiary/aromatic N) is 1. The van der Waals surface area contributed by atoms with Crippen LogP contribution in [0.2, 0.25) is 0 Å². The smallest absolute Gasteiger partial charge is 0.342 e. The summed E-state index contributed by atoms with van der Waals surface area (Å²) in [6.07, 6.45) is 0.700. The molecule has 0 radical (unpaired) electrons. The van der Waals surface area contributed by atoms with Gasteiger partial charge in [-0.2, -0.15) is 0 Å². The molecule has 0 bridgehead atoms. The van der Waals surface area contributed by atoms with Crippen LogP contribution in [0, 0.1) is 0 Å². The number of hydrogen-bond donors (Lipinski definition) is 1. The van der Waals surface area contributed by atoms with Crippen LogP contribution in [0.5, 0.6) is 5.75 Å². The van der Waals surface area contributed by atoms with E-state index in [0.29, 0.717) is 42.0 Å². The van der Waals surface area contributed by atoms with E-state index in [1.807, 2.05) is 17.5 Å².